The van der Waals surface area contributed by atoms with Crippen LogP contribution in [0.2, 0.25) is 0 Å². The van der Waals surface area contributed by atoms with Crippen molar-refractivity contribution >= 4 is 39.2 Å². The van der Waals surface area contributed by atoms with Gasteiger partial charge in [-0.2, -0.15) is 8.42 Å². The summed E-state index contributed by atoms with van der Waals surface area (Å²) in [5.74, 6) is -1.60. The smallest absolute Gasteiger partial charge is 0.274 e. The fourth-order valence-corrected chi connectivity index (χ4v) is 5.46. The molecule has 8 nitrogen and oxygen atoms in total. The lowest BCUT2D eigenvalue weighted by Gasteiger charge is -2.28. The molecule has 5 rings (SSSR count). The monoisotopic (exact) mass is 610 g/mol. The number of amides is 2. The van der Waals surface area contributed by atoms with Crippen molar-refractivity contribution < 1.29 is 27.0 Å². The summed E-state index contributed by atoms with van der Waals surface area (Å²) in [6, 6.07) is 33.7. The van der Waals surface area contributed by atoms with E-state index in [1.165, 1.54) is 0 Å². The van der Waals surface area contributed by atoms with E-state index in [0.717, 1.165) is 22.3 Å². The number of hydrogen-bond donors (Lipinski definition) is 2. The molecule has 44 heavy (non-hydrogen) atoms. The van der Waals surface area contributed by atoms with E-state index in [0.29, 0.717) is 29.4 Å². The second kappa shape index (κ2) is 12.5. The molecule has 2 aliphatic rings. The summed E-state index contributed by atoms with van der Waals surface area (Å²) < 4.78 is 37.3. The number of carbonyl (C=O) groups excluding carboxylic acids is 2. The molecule has 3 aromatic rings. The molecule has 2 amide bonds. The van der Waals surface area contributed by atoms with E-state index in [9.17, 15) is 18.0 Å². The first-order valence-corrected chi connectivity index (χ1v) is 15.8. The van der Waals surface area contributed by atoms with Crippen molar-refractivity contribution in [2.75, 3.05) is 16.0 Å². The van der Waals surface area contributed by atoms with Crippen molar-refractivity contribution in [2.24, 2.45) is 0 Å². The number of rotatable bonds is 9. The Morgan fingerprint density at radius 1 is 0.841 bits per heavy atom. The molecule has 1 heterocycles. The molecule has 0 radical (unpaired) electrons. The van der Waals surface area contributed by atoms with Crippen LogP contribution < -0.4 is 10.2 Å². The Morgan fingerprint density at radius 3 is 2.16 bits per heavy atom. The van der Waals surface area contributed by atoms with Crippen LogP contribution in [0, 0.1) is 0 Å². The number of benzene rings is 3. The van der Waals surface area contributed by atoms with Crippen molar-refractivity contribution in [3.8, 4) is 11.3 Å². The van der Waals surface area contributed by atoms with Gasteiger partial charge in [0.05, 0.1) is 11.6 Å². The lowest BCUT2D eigenvalue weighted by molar-refractivity contribution is -0.119. The van der Waals surface area contributed by atoms with Gasteiger partial charge in [-0.25, -0.2) is 0 Å². The van der Waals surface area contributed by atoms with Gasteiger partial charge >= 0.3 is 0 Å². The summed E-state index contributed by atoms with van der Waals surface area (Å²) in [6.07, 6.45) is 0.342. The number of anilines is 3. The summed E-state index contributed by atoms with van der Waals surface area (Å²) >= 11 is 0. The van der Waals surface area contributed by atoms with Crippen LogP contribution >= 0.6 is 0 Å². The van der Waals surface area contributed by atoms with E-state index < -0.39 is 27.7 Å². The number of hydrogen-bond acceptors (Lipinski definition) is 5. The first-order chi connectivity index (χ1) is 20.9. The van der Waals surface area contributed by atoms with Crippen LogP contribution in [0.5, 0.6) is 0 Å². The molecule has 9 heteroatoms. The summed E-state index contributed by atoms with van der Waals surface area (Å²) in [4.78, 5) is 28.3. The zero-order valence-corrected chi connectivity index (χ0v) is 25.5. The van der Waals surface area contributed by atoms with Gasteiger partial charge in [-0.3, -0.25) is 19.0 Å². The van der Waals surface area contributed by atoms with Crippen LogP contribution in [0.25, 0.3) is 11.3 Å². The van der Waals surface area contributed by atoms with Crippen molar-refractivity contribution in [2.45, 2.75) is 38.5 Å². The van der Waals surface area contributed by atoms with Crippen molar-refractivity contribution in [3.63, 3.8) is 0 Å². The van der Waals surface area contributed by atoms with E-state index >= 15 is 0 Å². The predicted octanol–water partition coefficient (Wildman–Crippen LogP) is 7.20. The molecule has 0 saturated heterocycles. The molecule has 1 aliphatic carbocycles. The van der Waals surface area contributed by atoms with Gasteiger partial charge in [-0.1, -0.05) is 87.5 Å². The molecule has 3 aromatic carbocycles. The van der Waals surface area contributed by atoms with Crippen molar-refractivity contribution in [3.05, 3.63) is 126 Å². The van der Waals surface area contributed by atoms with Crippen molar-refractivity contribution in [1.29, 1.82) is 0 Å². The zero-order chi connectivity index (χ0) is 31.5. The summed E-state index contributed by atoms with van der Waals surface area (Å²) in [7, 11) is -4.44. The Balaban J connectivity index is 1.52. The van der Waals surface area contributed by atoms with Crippen LogP contribution in [0.1, 0.15) is 43.4 Å². The molecule has 1 unspecified atom stereocenters. The van der Waals surface area contributed by atoms with E-state index in [2.05, 4.69) is 38.2 Å². The quantitative estimate of drug-likeness (QED) is 0.171. The Kier molecular flexibility index (Phi) is 8.71. The third-order valence-corrected chi connectivity index (χ3v) is 7.98. The van der Waals surface area contributed by atoms with Gasteiger partial charge in [0.1, 0.15) is 5.76 Å². The number of fused-ring (bicyclic) bond motifs is 1. The highest BCUT2D eigenvalue weighted by Crippen LogP contribution is 2.36. The minimum atomic E-state index is -4.44. The van der Waals surface area contributed by atoms with E-state index in [-0.39, 0.29) is 11.3 Å². The maximum absolute atomic E-state index is 14.7. The Bertz CT molecular complexity index is 1820. The normalized spacial score (nSPS) is 12.5. The minimum Gasteiger partial charge on any atom is -0.440 e. The van der Waals surface area contributed by atoms with Crippen LogP contribution in [0.4, 0.5) is 17.3 Å². The van der Waals surface area contributed by atoms with Crippen LogP contribution in [-0.4, -0.2) is 30.5 Å². The second-order valence-corrected chi connectivity index (χ2v) is 13.2. The van der Waals surface area contributed by atoms with Crippen LogP contribution in [0.3, 0.4) is 0 Å². The number of para-hydroxylation sites is 1. The van der Waals surface area contributed by atoms with Crippen molar-refractivity contribution in [1.82, 2.24) is 0 Å². The lowest BCUT2D eigenvalue weighted by atomic mass is 9.84. The third-order valence-electron chi connectivity index (χ3n) is 7.35. The van der Waals surface area contributed by atoms with E-state index in [1.807, 2.05) is 66.7 Å². The highest BCUT2D eigenvalue weighted by molar-refractivity contribution is 7.86. The molecular weight excluding hydrogens is 576 g/mol. The average molecular weight is 611 g/mol. The maximum atomic E-state index is 14.7. The molecule has 0 bridgehead atoms. The maximum Gasteiger partial charge on any atom is 0.274 e. The summed E-state index contributed by atoms with van der Waals surface area (Å²) in [5.41, 5.74) is 4.72. The topological polar surface area (TPSA) is 117 Å². The first kappa shape index (κ1) is 30.7. The van der Waals surface area contributed by atoms with Gasteiger partial charge in [0, 0.05) is 17.3 Å². The standard InChI is InChI=1S/C35H34N2O6S/c1-35(2,3)27-17-14-25(15-18-27)30(22-24-12-19-28(20-13-24)36-32(38)23-44(40,41)42)34(39)37(29-9-5-4-6-10-29)33-21-16-26-8-7-11-31(26)43-33/h4-21,30H,22-23H2,1-3H3,(H,36,38)(H,40,41,42). The summed E-state index contributed by atoms with van der Waals surface area (Å²) in [5, 5.41) is 2.46. The fourth-order valence-electron chi connectivity index (χ4n) is 5.06. The van der Waals surface area contributed by atoms with Gasteiger partial charge in [-0.05, 0) is 64.9 Å². The van der Waals surface area contributed by atoms with Gasteiger partial charge in [-0.15, -0.1) is 0 Å². The number of carbonyl (C=O) groups is 2. The van der Waals surface area contributed by atoms with E-state index in [4.69, 9.17) is 8.97 Å². The highest BCUT2D eigenvalue weighted by atomic mass is 32.2. The fraction of sp³-hybridized carbons (Fsp3) is 0.200. The zero-order valence-electron chi connectivity index (χ0n) is 24.7. The minimum absolute atomic E-state index is 0.0580. The lowest BCUT2D eigenvalue weighted by Crippen LogP contribution is -2.32. The molecular formula is C35H34N2O6S. The molecule has 0 fully saturated rings. The summed E-state index contributed by atoms with van der Waals surface area (Å²) in [6.45, 7) is 6.41. The van der Waals surface area contributed by atoms with Gasteiger partial charge in [0.25, 0.3) is 10.1 Å². The van der Waals surface area contributed by atoms with Gasteiger partial charge < -0.3 is 9.73 Å². The Labute approximate surface area is 257 Å². The third kappa shape index (κ3) is 7.42. The number of nitrogens with one attached hydrogen (secondary N) is 1. The van der Waals surface area contributed by atoms with E-state index in [1.54, 1.807) is 35.2 Å². The molecule has 0 spiro atoms. The molecule has 1 atom stereocenters. The molecule has 0 saturated carbocycles. The number of nitrogens with zero attached hydrogens (tertiary/aromatic N) is 1. The van der Waals surface area contributed by atoms with Gasteiger partial charge in [0.2, 0.25) is 17.7 Å². The molecule has 1 aliphatic heterocycles. The Hall–Kier alpha value is -4.73. The average Bonchev–Trinajstić information content (AvgIpc) is 3.44. The highest BCUT2D eigenvalue weighted by Gasteiger charge is 2.31. The van der Waals surface area contributed by atoms with Crippen LogP contribution in [0.15, 0.2) is 114 Å². The largest absolute Gasteiger partial charge is 0.440 e. The predicted molar refractivity (Wildman–Crippen MR) is 172 cm³/mol. The van der Waals surface area contributed by atoms with Gasteiger partial charge in [0.15, 0.2) is 5.75 Å². The molecule has 2 N–H and O–H groups in total. The Morgan fingerprint density at radius 2 is 1.52 bits per heavy atom. The molecule has 226 valence electrons. The molecule has 0 aromatic heterocycles. The van der Waals surface area contributed by atoms with Crippen LogP contribution in [-0.2, 0) is 31.5 Å². The first-order valence-electron chi connectivity index (χ1n) is 14.2. The SMILES string of the molecule is CC(C)(C)c1ccc(C(Cc2ccc(NC(=O)CS(=O)(=O)O)cc2)C(=O)N(c2ccccc2)c2ccc3cccc-3o2)cc1. The second-order valence-electron chi connectivity index (χ2n) is 11.7.